The van der Waals surface area contributed by atoms with Crippen LogP contribution < -0.4 is 5.32 Å². The number of carbonyl (C=O) groups excluding carboxylic acids is 1. The number of urea groups is 1. The molecule has 3 rings (SSSR count). The van der Waals surface area contributed by atoms with Crippen molar-refractivity contribution in [3.05, 3.63) is 41.6 Å². The maximum Gasteiger partial charge on any atom is 0.326 e. The van der Waals surface area contributed by atoms with E-state index >= 15 is 0 Å². The number of amides is 2. The maximum absolute atomic E-state index is 12.3. The average molecular weight is 304 g/mol. The number of carboxylic acids is 1. The van der Waals surface area contributed by atoms with Gasteiger partial charge in [-0.25, -0.2) is 9.59 Å². The quantitative estimate of drug-likeness (QED) is 0.878. The summed E-state index contributed by atoms with van der Waals surface area (Å²) in [5, 5.41) is 16.1. The predicted octanol–water partition coefficient (Wildman–Crippen LogP) is 1.58. The Balaban J connectivity index is 1.85. The Labute approximate surface area is 124 Å². The number of aliphatic carboxylic acids is 1. The molecule has 7 nitrogen and oxygen atoms in total. The van der Waals surface area contributed by atoms with Crippen LogP contribution in [-0.4, -0.2) is 37.6 Å². The lowest BCUT2D eigenvalue weighted by Gasteiger charge is -2.34. The van der Waals surface area contributed by atoms with Gasteiger partial charge in [-0.15, -0.1) is 5.10 Å². The van der Waals surface area contributed by atoms with E-state index < -0.39 is 18.0 Å². The van der Waals surface area contributed by atoms with E-state index in [1.807, 2.05) is 24.3 Å². The Hall–Kier alpha value is -2.48. The van der Waals surface area contributed by atoms with Crippen molar-refractivity contribution in [2.45, 2.75) is 19.0 Å². The standard InChI is InChI=1S/C13H12N4O3S/c18-12(19)10-5-8-3-1-2-4-9(8)7-17(10)13(20)15-11-6-14-16-21-11/h1-4,6,10H,5,7H2,(H,15,20)(H,18,19)/t10-/m1/s1. The molecule has 1 aromatic carbocycles. The van der Waals surface area contributed by atoms with Gasteiger partial charge in [-0.3, -0.25) is 5.32 Å². The number of nitrogens with one attached hydrogen (secondary N) is 1. The lowest BCUT2D eigenvalue weighted by molar-refractivity contribution is -0.142. The van der Waals surface area contributed by atoms with E-state index in [0.29, 0.717) is 11.4 Å². The van der Waals surface area contributed by atoms with Crippen LogP contribution in [0.1, 0.15) is 11.1 Å². The number of carboxylic acid groups (broad SMARTS) is 1. The maximum atomic E-state index is 12.3. The van der Waals surface area contributed by atoms with E-state index in [-0.39, 0.29) is 6.54 Å². The lowest BCUT2D eigenvalue weighted by Crippen LogP contribution is -2.50. The minimum Gasteiger partial charge on any atom is -0.480 e. The van der Waals surface area contributed by atoms with Gasteiger partial charge in [0.25, 0.3) is 0 Å². The predicted molar refractivity (Wildman–Crippen MR) is 76.0 cm³/mol. The second kappa shape index (κ2) is 5.49. The third kappa shape index (κ3) is 2.70. The van der Waals surface area contributed by atoms with E-state index in [4.69, 9.17) is 0 Å². The Morgan fingerprint density at radius 3 is 2.76 bits per heavy atom. The molecule has 2 heterocycles. The molecule has 0 spiro atoms. The van der Waals surface area contributed by atoms with E-state index in [1.54, 1.807) is 0 Å². The fourth-order valence-electron chi connectivity index (χ4n) is 2.36. The van der Waals surface area contributed by atoms with Crippen molar-refractivity contribution in [2.24, 2.45) is 0 Å². The summed E-state index contributed by atoms with van der Waals surface area (Å²) in [4.78, 5) is 25.1. The molecular weight excluding hydrogens is 292 g/mol. The third-order valence-electron chi connectivity index (χ3n) is 3.39. The van der Waals surface area contributed by atoms with Crippen LogP contribution in [0.25, 0.3) is 0 Å². The summed E-state index contributed by atoms with van der Waals surface area (Å²) in [6, 6.07) is 6.22. The molecule has 108 valence electrons. The molecule has 2 aromatic rings. The normalized spacial score (nSPS) is 17.1. The minimum absolute atomic E-state index is 0.269. The molecule has 0 aliphatic carbocycles. The number of nitrogens with zero attached hydrogens (tertiary/aromatic N) is 3. The summed E-state index contributed by atoms with van der Waals surface area (Å²) in [6.07, 6.45) is 1.73. The Bertz CT molecular complexity index is 674. The van der Waals surface area contributed by atoms with Crippen LogP contribution in [0.15, 0.2) is 30.5 Å². The largest absolute Gasteiger partial charge is 0.480 e. The molecule has 1 atom stereocenters. The fourth-order valence-corrected chi connectivity index (χ4v) is 2.77. The molecule has 0 fully saturated rings. The van der Waals surface area contributed by atoms with Gasteiger partial charge in [-0.05, 0) is 11.1 Å². The first-order valence-electron chi connectivity index (χ1n) is 6.29. The average Bonchev–Trinajstić information content (AvgIpc) is 2.98. The highest BCUT2D eigenvalue weighted by Crippen LogP contribution is 2.24. The van der Waals surface area contributed by atoms with Crippen LogP contribution in [0, 0.1) is 0 Å². The second-order valence-corrected chi connectivity index (χ2v) is 5.45. The molecule has 1 aromatic heterocycles. The number of fused-ring (bicyclic) bond motifs is 1. The molecule has 0 bridgehead atoms. The topological polar surface area (TPSA) is 95.4 Å². The van der Waals surface area contributed by atoms with E-state index in [2.05, 4.69) is 14.9 Å². The highest BCUT2D eigenvalue weighted by atomic mass is 32.1. The zero-order chi connectivity index (χ0) is 14.8. The minimum atomic E-state index is -1.01. The van der Waals surface area contributed by atoms with Crippen LogP contribution in [0.4, 0.5) is 9.80 Å². The Kier molecular flexibility index (Phi) is 3.53. The first-order valence-corrected chi connectivity index (χ1v) is 7.07. The molecule has 1 aliphatic rings. The molecule has 21 heavy (non-hydrogen) atoms. The zero-order valence-corrected chi connectivity index (χ0v) is 11.7. The van der Waals surface area contributed by atoms with Crippen molar-refractivity contribution in [1.29, 1.82) is 0 Å². The van der Waals surface area contributed by atoms with Crippen LogP contribution in [0.5, 0.6) is 0 Å². The van der Waals surface area contributed by atoms with Gasteiger partial charge in [-0.2, -0.15) is 0 Å². The van der Waals surface area contributed by atoms with Gasteiger partial charge in [0, 0.05) is 24.5 Å². The fraction of sp³-hybridized carbons (Fsp3) is 0.231. The molecule has 1 aliphatic heterocycles. The van der Waals surface area contributed by atoms with Gasteiger partial charge in [0.05, 0.1) is 6.20 Å². The van der Waals surface area contributed by atoms with Crippen molar-refractivity contribution in [1.82, 2.24) is 14.5 Å². The lowest BCUT2D eigenvalue weighted by atomic mass is 9.94. The summed E-state index contributed by atoms with van der Waals surface area (Å²) in [5.74, 6) is -1.01. The highest BCUT2D eigenvalue weighted by molar-refractivity contribution is 7.10. The summed E-state index contributed by atoms with van der Waals surface area (Å²) in [7, 11) is 0. The number of hydrogen-bond donors (Lipinski definition) is 2. The first kappa shape index (κ1) is 13.5. The van der Waals surface area contributed by atoms with Crippen molar-refractivity contribution >= 4 is 28.5 Å². The van der Waals surface area contributed by atoms with Crippen molar-refractivity contribution < 1.29 is 14.7 Å². The summed E-state index contributed by atoms with van der Waals surface area (Å²) >= 11 is 1.04. The van der Waals surface area contributed by atoms with Gasteiger partial charge >= 0.3 is 12.0 Å². The van der Waals surface area contributed by atoms with Gasteiger partial charge in [0.1, 0.15) is 11.0 Å². The van der Waals surface area contributed by atoms with Gasteiger partial charge in [0.2, 0.25) is 0 Å². The number of benzene rings is 1. The molecule has 0 saturated heterocycles. The van der Waals surface area contributed by atoms with Crippen molar-refractivity contribution in [2.75, 3.05) is 5.32 Å². The molecule has 0 unspecified atom stereocenters. The molecule has 0 saturated carbocycles. The monoisotopic (exact) mass is 304 g/mol. The number of carbonyl (C=O) groups is 2. The van der Waals surface area contributed by atoms with E-state index in [9.17, 15) is 14.7 Å². The van der Waals surface area contributed by atoms with Crippen molar-refractivity contribution in [3.63, 3.8) is 0 Å². The zero-order valence-electron chi connectivity index (χ0n) is 10.9. The molecule has 2 N–H and O–H groups in total. The number of anilines is 1. The third-order valence-corrected chi connectivity index (χ3v) is 3.97. The van der Waals surface area contributed by atoms with E-state index in [1.165, 1.54) is 11.1 Å². The van der Waals surface area contributed by atoms with Gasteiger partial charge in [0.15, 0.2) is 0 Å². The summed E-state index contributed by atoms with van der Waals surface area (Å²) < 4.78 is 3.65. The molecule has 0 radical (unpaired) electrons. The van der Waals surface area contributed by atoms with Gasteiger partial charge < -0.3 is 10.0 Å². The smallest absolute Gasteiger partial charge is 0.326 e. The van der Waals surface area contributed by atoms with E-state index in [0.717, 1.165) is 22.7 Å². The van der Waals surface area contributed by atoms with Crippen LogP contribution in [0.3, 0.4) is 0 Å². The first-order chi connectivity index (χ1) is 10.1. The highest BCUT2D eigenvalue weighted by Gasteiger charge is 2.34. The SMILES string of the molecule is O=C(O)[C@H]1Cc2ccccc2CN1C(=O)Nc1cnns1. The number of rotatable bonds is 2. The van der Waals surface area contributed by atoms with Crippen LogP contribution >= 0.6 is 11.5 Å². The summed E-state index contributed by atoms with van der Waals surface area (Å²) in [6.45, 7) is 0.269. The number of aromatic nitrogens is 2. The van der Waals surface area contributed by atoms with Gasteiger partial charge in [-0.1, -0.05) is 28.8 Å². The van der Waals surface area contributed by atoms with Crippen LogP contribution in [0.2, 0.25) is 0 Å². The van der Waals surface area contributed by atoms with Crippen LogP contribution in [-0.2, 0) is 17.8 Å². The Morgan fingerprint density at radius 1 is 1.33 bits per heavy atom. The molecular formula is C13H12N4O3S. The Morgan fingerprint density at radius 2 is 2.10 bits per heavy atom. The molecule has 2 amide bonds. The molecule has 8 heteroatoms. The number of hydrogen-bond acceptors (Lipinski definition) is 5. The summed E-state index contributed by atoms with van der Waals surface area (Å²) in [5.41, 5.74) is 1.93. The van der Waals surface area contributed by atoms with Crippen molar-refractivity contribution in [3.8, 4) is 0 Å². The second-order valence-electron chi connectivity index (χ2n) is 4.67.